The summed E-state index contributed by atoms with van der Waals surface area (Å²) in [5, 5.41) is 9.38. The summed E-state index contributed by atoms with van der Waals surface area (Å²) in [6, 6.07) is 2.20. The average molecular weight is 248 g/mol. The molecular formula is C11H11F3O3. The molecule has 0 unspecified atom stereocenters. The van der Waals surface area contributed by atoms with Crippen LogP contribution in [-0.4, -0.2) is 18.2 Å². The van der Waals surface area contributed by atoms with Crippen LogP contribution >= 0.6 is 0 Å². The third-order valence-electron chi connectivity index (χ3n) is 2.32. The molecule has 0 spiro atoms. The average Bonchev–Trinajstić information content (AvgIpc) is 2.26. The van der Waals surface area contributed by atoms with Gasteiger partial charge in [-0.1, -0.05) is 13.0 Å². The van der Waals surface area contributed by atoms with E-state index in [2.05, 4.69) is 4.74 Å². The smallest absolute Gasteiger partial charge is 0.417 e. The van der Waals surface area contributed by atoms with Gasteiger partial charge in [0.15, 0.2) is 0 Å². The number of halogens is 3. The highest BCUT2D eigenvalue weighted by Crippen LogP contribution is 2.38. The fourth-order valence-electron chi connectivity index (χ4n) is 1.56. The maximum atomic E-state index is 12.9. The number of ether oxygens (including phenoxy) is 1. The van der Waals surface area contributed by atoms with Crippen molar-refractivity contribution in [3.8, 4) is 5.75 Å². The normalized spacial score (nSPS) is 11.4. The van der Waals surface area contributed by atoms with E-state index in [0.717, 1.165) is 19.2 Å². The minimum absolute atomic E-state index is 0.0595. The van der Waals surface area contributed by atoms with Crippen molar-refractivity contribution in [2.45, 2.75) is 19.5 Å². The van der Waals surface area contributed by atoms with Gasteiger partial charge >= 0.3 is 12.1 Å². The lowest BCUT2D eigenvalue weighted by atomic mass is 9.97. The SMILES string of the molecule is CCc1ccc(O)c(C(=O)OC)c1C(F)(F)F. The van der Waals surface area contributed by atoms with Gasteiger partial charge in [-0.15, -0.1) is 0 Å². The molecule has 0 heterocycles. The third kappa shape index (κ3) is 2.51. The molecule has 0 aliphatic rings. The number of carbonyl (C=O) groups excluding carboxylic acids is 1. The Labute approximate surface area is 95.8 Å². The van der Waals surface area contributed by atoms with E-state index in [1.165, 1.54) is 6.92 Å². The van der Waals surface area contributed by atoms with E-state index in [1.54, 1.807) is 0 Å². The van der Waals surface area contributed by atoms with Crippen molar-refractivity contribution in [2.24, 2.45) is 0 Å². The molecule has 1 rings (SSSR count). The monoisotopic (exact) mass is 248 g/mol. The number of phenolic OH excluding ortho intramolecular Hbond substituents is 1. The van der Waals surface area contributed by atoms with E-state index in [0.29, 0.717) is 0 Å². The van der Waals surface area contributed by atoms with Crippen molar-refractivity contribution in [3.63, 3.8) is 0 Å². The molecule has 0 saturated heterocycles. The van der Waals surface area contributed by atoms with Crippen LogP contribution in [0.4, 0.5) is 13.2 Å². The molecule has 0 bridgehead atoms. The molecule has 0 aliphatic carbocycles. The first kappa shape index (κ1) is 13.3. The van der Waals surface area contributed by atoms with Crippen LogP contribution in [0.1, 0.15) is 28.4 Å². The summed E-state index contributed by atoms with van der Waals surface area (Å²) in [7, 11) is 0.959. The van der Waals surface area contributed by atoms with Gasteiger partial charge in [0.25, 0.3) is 0 Å². The van der Waals surface area contributed by atoms with Crippen molar-refractivity contribution in [1.29, 1.82) is 0 Å². The highest BCUT2D eigenvalue weighted by Gasteiger charge is 2.39. The standard InChI is InChI=1S/C11H11F3O3/c1-3-6-4-5-7(15)8(10(16)17-2)9(6)11(12,13)14/h4-5,15H,3H2,1-2H3. The van der Waals surface area contributed by atoms with Gasteiger partial charge < -0.3 is 9.84 Å². The molecule has 1 aromatic carbocycles. The van der Waals surface area contributed by atoms with Gasteiger partial charge in [-0.05, 0) is 18.1 Å². The molecule has 3 nitrogen and oxygen atoms in total. The van der Waals surface area contributed by atoms with Crippen molar-refractivity contribution in [1.82, 2.24) is 0 Å². The molecule has 0 radical (unpaired) electrons. The minimum Gasteiger partial charge on any atom is -0.507 e. The first-order valence-electron chi connectivity index (χ1n) is 4.83. The van der Waals surface area contributed by atoms with Crippen LogP contribution < -0.4 is 0 Å². The summed E-state index contributed by atoms with van der Waals surface area (Å²) >= 11 is 0. The summed E-state index contributed by atoms with van der Waals surface area (Å²) in [5.74, 6) is -1.94. The van der Waals surface area contributed by atoms with Gasteiger partial charge in [0.1, 0.15) is 11.3 Å². The summed E-state index contributed by atoms with van der Waals surface area (Å²) in [4.78, 5) is 11.3. The number of rotatable bonds is 2. The first-order chi connectivity index (χ1) is 7.82. The van der Waals surface area contributed by atoms with E-state index in [-0.39, 0.29) is 12.0 Å². The van der Waals surface area contributed by atoms with Crippen molar-refractivity contribution in [2.75, 3.05) is 7.11 Å². The lowest BCUT2D eigenvalue weighted by molar-refractivity contribution is -0.138. The highest BCUT2D eigenvalue weighted by atomic mass is 19.4. The highest BCUT2D eigenvalue weighted by molar-refractivity contribution is 5.94. The Kier molecular flexibility index (Phi) is 3.65. The first-order valence-corrected chi connectivity index (χ1v) is 4.83. The van der Waals surface area contributed by atoms with E-state index in [9.17, 15) is 23.1 Å². The molecule has 1 N–H and O–H groups in total. The number of methoxy groups -OCH3 is 1. The molecule has 6 heteroatoms. The maximum Gasteiger partial charge on any atom is 0.417 e. The fraction of sp³-hybridized carbons (Fsp3) is 0.364. The van der Waals surface area contributed by atoms with E-state index < -0.39 is 29.0 Å². The molecule has 1 aromatic rings. The quantitative estimate of drug-likeness (QED) is 0.818. The van der Waals surface area contributed by atoms with Gasteiger partial charge in [-0.2, -0.15) is 13.2 Å². The third-order valence-corrected chi connectivity index (χ3v) is 2.32. The van der Waals surface area contributed by atoms with Gasteiger partial charge in [-0.25, -0.2) is 4.79 Å². The molecule has 17 heavy (non-hydrogen) atoms. The van der Waals surface area contributed by atoms with Crippen LogP contribution in [0.2, 0.25) is 0 Å². The van der Waals surface area contributed by atoms with Gasteiger partial charge in [0.2, 0.25) is 0 Å². The lowest BCUT2D eigenvalue weighted by Gasteiger charge is -2.16. The lowest BCUT2D eigenvalue weighted by Crippen LogP contribution is -2.17. The number of benzene rings is 1. The topological polar surface area (TPSA) is 46.5 Å². The van der Waals surface area contributed by atoms with Gasteiger partial charge in [-0.3, -0.25) is 0 Å². The number of hydrogen-bond donors (Lipinski definition) is 1. The van der Waals surface area contributed by atoms with E-state index in [4.69, 9.17) is 0 Å². The Morgan fingerprint density at radius 1 is 1.41 bits per heavy atom. The zero-order chi connectivity index (χ0) is 13.2. The number of esters is 1. The number of hydrogen-bond acceptors (Lipinski definition) is 3. The zero-order valence-electron chi connectivity index (χ0n) is 9.26. The van der Waals surface area contributed by atoms with Crippen molar-refractivity contribution >= 4 is 5.97 Å². The van der Waals surface area contributed by atoms with Crippen LogP contribution in [0, 0.1) is 0 Å². The van der Waals surface area contributed by atoms with Crippen LogP contribution in [0.25, 0.3) is 0 Å². The Morgan fingerprint density at radius 2 is 2.00 bits per heavy atom. The van der Waals surface area contributed by atoms with E-state index in [1.807, 2.05) is 0 Å². The number of carbonyl (C=O) groups is 1. The number of alkyl halides is 3. The fourth-order valence-corrected chi connectivity index (χ4v) is 1.56. The molecule has 0 aliphatic heterocycles. The number of phenols is 1. The number of aromatic hydroxyl groups is 1. The van der Waals surface area contributed by atoms with E-state index >= 15 is 0 Å². The second-order valence-electron chi connectivity index (χ2n) is 3.34. The number of aryl methyl sites for hydroxylation is 1. The van der Waals surface area contributed by atoms with Crippen LogP contribution in [-0.2, 0) is 17.3 Å². The predicted molar refractivity (Wildman–Crippen MR) is 53.8 cm³/mol. The molecule has 0 fully saturated rings. The molecule has 0 saturated carbocycles. The Morgan fingerprint density at radius 3 is 2.41 bits per heavy atom. The van der Waals surface area contributed by atoms with Crippen molar-refractivity contribution < 1.29 is 27.8 Å². The molecule has 94 valence electrons. The summed E-state index contributed by atoms with van der Waals surface area (Å²) < 4.78 is 42.8. The molecule has 0 aromatic heterocycles. The van der Waals surface area contributed by atoms with Gasteiger partial charge in [0.05, 0.1) is 12.7 Å². The predicted octanol–water partition coefficient (Wildman–Crippen LogP) is 2.76. The molecule has 0 amide bonds. The second kappa shape index (κ2) is 4.65. The molecule has 0 atom stereocenters. The Balaban J connectivity index is 3.60. The largest absolute Gasteiger partial charge is 0.507 e. The minimum atomic E-state index is -4.71. The summed E-state index contributed by atoms with van der Waals surface area (Å²) in [6.45, 7) is 1.53. The zero-order valence-corrected chi connectivity index (χ0v) is 9.26. The van der Waals surface area contributed by atoms with Crippen LogP contribution in [0.15, 0.2) is 12.1 Å². The summed E-state index contributed by atoms with van der Waals surface area (Å²) in [6.07, 6.45) is -4.62. The Hall–Kier alpha value is -1.72. The van der Waals surface area contributed by atoms with Crippen LogP contribution in [0.5, 0.6) is 5.75 Å². The van der Waals surface area contributed by atoms with Crippen molar-refractivity contribution in [3.05, 3.63) is 28.8 Å². The Bertz CT molecular complexity index is 438. The second-order valence-corrected chi connectivity index (χ2v) is 3.34. The van der Waals surface area contributed by atoms with Crippen LogP contribution in [0.3, 0.4) is 0 Å². The summed E-state index contributed by atoms with van der Waals surface area (Å²) in [5.41, 5.74) is -2.03. The molecular weight excluding hydrogens is 237 g/mol. The maximum absolute atomic E-state index is 12.9. The van der Waals surface area contributed by atoms with Gasteiger partial charge in [0, 0.05) is 0 Å².